The Morgan fingerprint density at radius 1 is 1.69 bits per heavy atom. The second kappa shape index (κ2) is 5.05. The highest BCUT2D eigenvalue weighted by Crippen LogP contribution is 2.08. The van der Waals surface area contributed by atoms with Crippen LogP contribution in [0.2, 0.25) is 0 Å². The number of carbonyl (C=O) groups is 1. The highest BCUT2D eigenvalue weighted by Gasteiger charge is 2.21. The zero-order valence-electron chi connectivity index (χ0n) is 9.19. The Balaban J connectivity index is 1.96. The van der Waals surface area contributed by atoms with Crippen LogP contribution in [0.25, 0.3) is 0 Å². The highest BCUT2D eigenvalue weighted by molar-refractivity contribution is 5.94. The number of carbonyl (C=O) groups excluding carboxylic acids is 1. The molecule has 1 aromatic rings. The van der Waals surface area contributed by atoms with Crippen LogP contribution in [0.15, 0.2) is 18.3 Å². The van der Waals surface area contributed by atoms with E-state index in [2.05, 4.69) is 15.6 Å². The van der Waals surface area contributed by atoms with Gasteiger partial charge in [-0.1, -0.05) is 0 Å². The van der Waals surface area contributed by atoms with E-state index in [1.807, 2.05) is 13.0 Å². The van der Waals surface area contributed by atoms with Crippen molar-refractivity contribution in [3.05, 3.63) is 24.0 Å². The van der Waals surface area contributed by atoms with Crippen LogP contribution in [0.3, 0.4) is 0 Å². The molecule has 86 valence electrons. The zero-order chi connectivity index (χ0) is 11.4. The smallest absolute Gasteiger partial charge is 0.254 e. The summed E-state index contributed by atoms with van der Waals surface area (Å²) in [6.45, 7) is 3.83. The topological polar surface area (TPSA) is 63.2 Å². The van der Waals surface area contributed by atoms with Gasteiger partial charge in [0.1, 0.15) is 6.10 Å². The number of nitrogens with one attached hydrogen (secondary N) is 2. The number of hydrogen-bond acceptors (Lipinski definition) is 4. The third kappa shape index (κ3) is 2.77. The molecular weight excluding hydrogens is 206 g/mol. The molecule has 1 amide bonds. The van der Waals surface area contributed by atoms with Crippen LogP contribution in [0.1, 0.15) is 5.69 Å². The Labute approximate surface area is 94.2 Å². The first-order chi connectivity index (χ1) is 7.75. The molecular formula is C11H15N3O2. The molecule has 0 bridgehead atoms. The molecule has 2 rings (SSSR count). The first-order valence-electron chi connectivity index (χ1n) is 5.31. The van der Waals surface area contributed by atoms with Crippen molar-refractivity contribution in [2.45, 2.75) is 13.0 Å². The van der Waals surface area contributed by atoms with E-state index in [1.165, 1.54) is 0 Å². The predicted molar refractivity (Wildman–Crippen MR) is 60.2 cm³/mol. The van der Waals surface area contributed by atoms with E-state index in [4.69, 9.17) is 4.74 Å². The molecule has 0 saturated carbocycles. The Hall–Kier alpha value is -1.46. The Bertz CT molecular complexity index is 375. The summed E-state index contributed by atoms with van der Waals surface area (Å²) in [7, 11) is 0. The van der Waals surface area contributed by atoms with E-state index in [9.17, 15) is 4.79 Å². The van der Waals surface area contributed by atoms with Crippen molar-refractivity contribution < 1.29 is 9.53 Å². The molecule has 1 atom stereocenters. The summed E-state index contributed by atoms with van der Waals surface area (Å²) in [5.74, 6) is -0.113. The average Bonchev–Trinajstić information content (AvgIpc) is 2.30. The van der Waals surface area contributed by atoms with Gasteiger partial charge in [0, 0.05) is 30.7 Å². The molecule has 1 aliphatic rings. The molecule has 0 radical (unpaired) electrons. The molecule has 1 aromatic heterocycles. The van der Waals surface area contributed by atoms with E-state index in [-0.39, 0.29) is 5.91 Å². The maximum absolute atomic E-state index is 11.8. The van der Waals surface area contributed by atoms with Gasteiger partial charge in [0.25, 0.3) is 5.91 Å². The number of hydrogen-bond donors (Lipinski definition) is 2. The minimum absolute atomic E-state index is 0.113. The van der Waals surface area contributed by atoms with Crippen LogP contribution in [0, 0.1) is 6.92 Å². The molecule has 1 aliphatic heterocycles. The molecule has 0 spiro atoms. The Morgan fingerprint density at radius 3 is 3.25 bits per heavy atom. The summed E-state index contributed by atoms with van der Waals surface area (Å²) in [5, 5.41) is 5.92. The van der Waals surface area contributed by atoms with Gasteiger partial charge in [-0.2, -0.15) is 0 Å². The highest BCUT2D eigenvalue weighted by atomic mass is 16.5. The fraction of sp³-hybridized carbons (Fsp3) is 0.455. The number of aryl methyl sites for hydroxylation is 1. The molecule has 0 unspecified atom stereocenters. The fourth-order valence-electron chi connectivity index (χ4n) is 1.58. The molecule has 5 nitrogen and oxygen atoms in total. The van der Waals surface area contributed by atoms with Crippen molar-refractivity contribution in [1.29, 1.82) is 0 Å². The van der Waals surface area contributed by atoms with Gasteiger partial charge in [-0.05, 0) is 19.1 Å². The second-order valence-electron chi connectivity index (χ2n) is 3.74. The van der Waals surface area contributed by atoms with Crippen molar-refractivity contribution in [2.24, 2.45) is 0 Å². The summed E-state index contributed by atoms with van der Waals surface area (Å²) in [5.41, 5.74) is 1.63. The summed E-state index contributed by atoms with van der Waals surface area (Å²) in [6.07, 6.45) is 1.27. The third-order valence-corrected chi connectivity index (χ3v) is 2.38. The number of morpholine rings is 1. The van der Waals surface area contributed by atoms with Gasteiger partial charge in [0.2, 0.25) is 0 Å². The van der Waals surface area contributed by atoms with Crippen molar-refractivity contribution in [3.63, 3.8) is 0 Å². The zero-order valence-corrected chi connectivity index (χ0v) is 9.19. The molecule has 1 saturated heterocycles. The summed E-state index contributed by atoms with van der Waals surface area (Å²) in [4.78, 5) is 15.8. The monoisotopic (exact) mass is 221 g/mol. The number of pyridine rings is 1. The van der Waals surface area contributed by atoms with Crippen LogP contribution < -0.4 is 10.6 Å². The lowest BCUT2D eigenvalue weighted by molar-refractivity contribution is -0.128. The maximum atomic E-state index is 11.8. The van der Waals surface area contributed by atoms with Gasteiger partial charge in [0.05, 0.1) is 6.61 Å². The fourth-order valence-corrected chi connectivity index (χ4v) is 1.58. The molecule has 0 aromatic carbocycles. The lowest BCUT2D eigenvalue weighted by Gasteiger charge is -2.22. The summed E-state index contributed by atoms with van der Waals surface area (Å²) < 4.78 is 5.35. The average molecular weight is 221 g/mol. The Kier molecular flexibility index (Phi) is 3.48. The number of amides is 1. The third-order valence-electron chi connectivity index (χ3n) is 2.38. The van der Waals surface area contributed by atoms with Gasteiger partial charge in [-0.3, -0.25) is 9.78 Å². The van der Waals surface area contributed by atoms with Gasteiger partial charge < -0.3 is 15.4 Å². The summed E-state index contributed by atoms with van der Waals surface area (Å²) in [6, 6.07) is 3.59. The second-order valence-corrected chi connectivity index (χ2v) is 3.74. The normalized spacial score (nSPS) is 20.4. The molecule has 0 aliphatic carbocycles. The van der Waals surface area contributed by atoms with Crippen molar-refractivity contribution in [3.8, 4) is 0 Å². The summed E-state index contributed by atoms with van der Waals surface area (Å²) >= 11 is 0. The quantitative estimate of drug-likeness (QED) is 0.754. The van der Waals surface area contributed by atoms with Crippen LogP contribution >= 0.6 is 0 Å². The lowest BCUT2D eigenvalue weighted by Crippen LogP contribution is -2.45. The minimum atomic E-state index is -0.401. The maximum Gasteiger partial charge on any atom is 0.254 e. The van der Waals surface area contributed by atoms with E-state index >= 15 is 0 Å². The van der Waals surface area contributed by atoms with E-state index < -0.39 is 6.10 Å². The van der Waals surface area contributed by atoms with Gasteiger partial charge in [-0.25, -0.2) is 0 Å². The number of anilines is 1. The largest absolute Gasteiger partial charge is 0.366 e. The van der Waals surface area contributed by atoms with Crippen LogP contribution in [0.4, 0.5) is 5.69 Å². The molecule has 2 heterocycles. The first kappa shape index (κ1) is 11.0. The molecule has 1 fully saturated rings. The number of rotatable bonds is 2. The number of aromatic nitrogens is 1. The van der Waals surface area contributed by atoms with Gasteiger partial charge >= 0.3 is 0 Å². The van der Waals surface area contributed by atoms with Crippen molar-refractivity contribution in [2.75, 3.05) is 25.0 Å². The number of nitrogens with zero attached hydrogens (tertiary/aromatic N) is 1. The molecule has 16 heavy (non-hydrogen) atoms. The first-order valence-corrected chi connectivity index (χ1v) is 5.31. The van der Waals surface area contributed by atoms with Crippen LogP contribution in [0.5, 0.6) is 0 Å². The van der Waals surface area contributed by atoms with E-state index in [0.29, 0.717) is 13.2 Å². The SMILES string of the molecule is Cc1cc(NC(=O)[C@H]2CNCCO2)ccn1. The number of ether oxygens (including phenoxy) is 1. The van der Waals surface area contributed by atoms with E-state index in [0.717, 1.165) is 17.9 Å². The van der Waals surface area contributed by atoms with Crippen molar-refractivity contribution >= 4 is 11.6 Å². The molecule has 5 heteroatoms. The molecule has 2 N–H and O–H groups in total. The lowest BCUT2D eigenvalue weighted by atomic mass is 10.2. The van der Waals surface area contributed by atoms with Crippen LogP contribution in [-0.4, -0.2) is 36.7 Å². The minimum Gasteiger partial charge on any atom is -0.366 e. The van der Waals surface area contributed by atoms with Gasteiger partial charge in [0.15, 0.2) is 0 Å². The standard InChI is InChI=1S/C11H15N3O2/c1-8-6-9(2-3-13-8)14-11(15)10-7-12-4-5-16-10/h2-3,6,10,12H,4-5,7H2,1H3,(H,13,14,15)/t10-/m1/s1. The van der Waals surface area contributed by atoms with E-state index in [1.54, 1.807) is 12.3 Å². The van der Waals surface area contributed by atoms with Crippen molar-refractivity contribution in [1.82, 2.24) is 10.3 Å². The van der Waals surface area contributed by atoms with Crippen LogP contribution in [-0.2, 0) is 9.53 Å². The Morgan fingerprint density at radius 2 is 2.56 bits per heavy atom. The van der Waals surface area contributed by atoms with Gasteiger partial charge in [-0.15, -0.1) is 0 Å². The predicted octanol–water partition coefficient (Wildman–Crippen LogP) is 0.317.